The lowest BCUT2D eigenvalue weighted by Gasteiger charge is -2.47. The molecule has 0 N–H and O–H groups in total. The fourth-order valence-electron chi connectivity index (χ4n) is 19.6. The minimum Gasteiger partial charge on any atom is -0.310 e. The fraction of sp³-hybridized carbons (Fsp3) is 0.109. The topological polar surface area (TPSA) is 16.3 Å². The van der Waals surface area contributed by atoms with Gasteiger partial charge in [0.05, 0.1) is 33.4 Å². The van der Waals surface area contributed by atoms with E-state index in [1.165, 1.54) is 120 Å². The molecule has 2 aromatic heterocycles. The number of aromatic nitrogens is 2. The lowest BCUT2D eigenvalue weighted by Crippen LogP contribution is -2.61. The number of anilines is 6. The second-order valence-electron chi connectivity index (χ2n) is 35.2. The van der Waals surface area contributed by atoms with Gasteiger partial charge in [-0.2, -0.15) is 0 Å². The molecule has 5 heteroatoms. The lowest BCUT2D eigenvalue weighted by molar-refractivity contribution is 0.590. The molecular formula is C110H85BN4. The Bertz CT molecular complexity index is 7010. The average molecular weight is 1470 g/mol. The second-order valence-corrected chi connectivity index (χ2v) is 35.2. The van der Waals surface area contributed by atoms with Crippen LogP contribution in [0.25, 0.3) is 154 Å². The molecule has 0 saturated heterocycles. The third kappa shape index (κ3) is 10.7. The molecule has 0 unspecified atom stereocenters. The number of rotatable bonds is 10. The second kappa shape index (κ2) is 25.5. The van der Waals surface area contributed by atoms with E-state index in [2.05, 4.69) is 433 Å². The van der Waals surface area contributed by atoms with Gasteiger partial charge in [0.25, 0.3) is 6.71 Å². The van der Waals surface area contributed by atoms with Crippen LogP contribution in [-0.4, -0.2) is 15.8 Å². The van der Waals surface area contributed by atoms with Crippen molar-refractivity contribution in [2.45, 2.75) is 78.6 Å². The van der Waals surface area contributed by atoms with Crippen LogP contribution in [0.4, 0.5) is 34.1 Å². The Kier molecular flexibility index (Phi) is 15.2. The molecule has 2 aliphatic heterocycles. The van der Waals surface area contributed by atoms with Crippen molar-refractivity contribution in [3.63, 3.8) is 0 Å². The summed E-state index contributed by atoms with van der Waals surface area (Å²) < 4.78 is 5.12. The molecule has 0 spiro atoms. The molecule has 4 heterocycles. The number of nitrogens with zero attached hydrogens (tertiary/aromatic N) is 4. The Morgan fingerprint density at radius 2 is 0.557 bits per heavy atom. The summed E-state index contributed by atoms with van der Waals surface area (Å²) in [5.41, 5.74) is 34.2. The number of benzene rings is 18. The Labute approximate surface area is 672 Å². The molecule has 0 bridgehead atoms. The maximum Gasteiger partial charge on any atom is 0.252 e. The maximum atomic E-state index is 2.77. The first kappa shape index (κ1) is 68.3. The lowest BCUT2D eigenvalue weighted by atomic mass is 9.33. The molecule has 0 atom stereocenters. The molecule has 0 amide bonds. The summed E-state index contributed by atoms with van der Waals surface area (Å²) >= 11 is 0. The third-order valence-electron chi connectivity index (χ3n) is 25.2. The van der Waals surface area contributed by atoms with Crippen LogP contribution < -0.4 is 26.2 Å². The normalized spacial score (nSPS) is 13.0. The molecule has 0 saturated carbocycles. The predicted octanol–water partition coefficient (Wildman–Crippen LogP) is 28.2. The highest BCUT2D eigenvalue weighted by Gasteiger charge is 2.47. The van der Waals surface area contributed by atoms with Gasteiger partial charge in [-0.3, -0.25) is 0 Å². The Morgan fingerprint density at radius 3 is 0.965 bits per heavy atom. The van der Waals surface area contributed by atoms with E-state index in [0.717, 1.165) is 101 Å². The van der Waals surface area contributed by atoms with Crippen LogP contribution in [-0.2, 0) is 16.2 Å². The third-order valence-corrected chi connectivity index (χ3v) is 25.2. The summed E-state index contributed by atoms with van der Waals surface area (Å²) in [7, 11) is 0. The molecule has 2 aliphatic rings. The van der Waals surface area contributed by atoms with Crippen molar-refractivity contribution in [3.05, 3.63) is 369 Å². The monoisotopic (exact) mass is 1470 g/mol. The first-order valence-electron chi connectivity index (χ1n) is 40.7. The van der Waals surface area contributed by atoms with E-state index in [4.69, 9.17) is 0 Å². The van der Waals surface area contributed by atoms with Gasteiger partial charge in [-0.05, 0) is 223 Å². The van der Waals surface area contributed by atoms with Crippen LogP contribution >= 0.6 is 0 Å². The van der Waals surface area contributed by atoms with Crippen molar-refractivity contribution in [1.82, 2.24) is 9.13 Å². The SMILES string of the molecule is CC(C)(C)c1cc(-c2cccc(-c3ccccc3)c2)c(N2c3cc(-n4c5ccccc5c5ccccc54)ccc3B3c4ccc(-n5c6ccc7cccc8c9cccc%10ccc5c(c%109)c6c78)cc4N(c4c(-c5ccccc5)cc(C(C)(C)C)cc4-c4ccccc4)c4cc(C(C)(C)C)cc2c43)c(-c2cccc(-c3ccccc3)c2)c1. The molecular weight excluding hydrogens is 1390 g/mol. The summed E-state index contributed by atoms with van der Waals surface area (Å²) in [4.78, 5) is 5.53. The van der Waals surface area contributed by atoms with Crippen molar-refractivity contribution in [2.24, 2.45) is 0 Å². The van der Waals surface area contributed by atoms with Gasteiger partial charge in [-0.1, -0.05) is 317 Å². The number of fused-ring (bicyclic) bond motifs is 8. The summed E-state index contributed by atoms with van der Waals surface area (Å²) in [6.07, 6.45) is 0. The van der Waals surface area contributed by atoms with Gasteiger partial charge < -0.3 is 18.9 Å². The smallest absolute Gasteiger partial charge is 0.252 e. The first-order valence-corrected chi connectivity index (χ1v) is 40.7. The zero-order chi connectivity index (χ0) is 77.5. The number of hydrogen-bond donors (Lipinski definition) is 0. The Morgan fingerprint density at radius 1 is 0.226 bits per heavy atom. The first-order chi connectivity index (χ1) is 56.0. The van der Waals surface area contributed by atoms with Gasteiger partial charge in [0.2, 0.25) is 0 Å². The largest absolute Gasteiger partial charge is 0.310 e. The molecule has 548 valence electrons. The quantitative estimate of drug-likeness (QED) is 0.0771. The molecule has 20 aromatic rings. The standard InChI is InChI=1S/C110H85BN4/c1-108(2,3)78-60-87(70-34-18-12-19-35-70)106(88(61-78)71-36-20-13-21-37-71)114-98-67-82(113-95-56-50-72-38-28-46-85-86-47-29-39-73-51-57-96(113)104(102(73)86)103(95)101(72)85)53-55-92(98)111-91-54-52-81(112-93-48-24-22-44-83(93)84-45-23-25-49-94(84)112)66-97(91)115(100-65-80(110(7,8)9)64-99(114)105(100)111)107-89(76-42-26-40-74(58-76)68-30-14-10-15-31-68)62-79(109(4,5)6)63-90(107)77-43-27-41-75(59-77)69-32-16-11-17-33-69/h10-67H,1-9H3. The van der Waals surface area contributed by atoms with Gasteiger partial charge >= 0.3 is 0 Å². The minimum absolute atomic E-state index is 0.218. The van der Waals surface area contributed by atoms with E-state index in [-0.39, 0.29) is 23.0 Å². The van der Waals surface area contributed by atoms with Gasteiger partial charge in [0.15, 0.2) is 0 Å². The van der Waals surface area contributed by atoms with E-state index in [1.54, 1.807) is 0 Å². The zero-order valence-electron chi connectivity index (χ0n) is 66.4. The number of hydrogen-bond acceptors (Lipinski definition) is 2. The molecule has 22 rings (SSSR count). The van der Waals surface area contributed by atoms with E-state index >= 15 is 0 Å². The highest BCUT2D eigenvalue weighted by atomic mass is 15.2. The van der Waals surface area contributed by atoms with Crippen molar-refractivity contribution in [2.75, 3.05) is 9.80 Å². The van der Waals surface area contributed by atoms with Crippen LogP contribution in [0.1, 0.15) is 79.0 Å². The van der Waals surface area contributed by atoms with Crippen LogP contribution in [0.15, 0.2) is 352 Å². The molecule has 0 aliphatic carbocycles. The summed E-state index contributed by atoms with van der Waals surface area (Å²) in [6, 6.07) is 135. The van der Waals surface area contributed by atoms with Gasteiger partial charge in [0.1, 0.15) is 0 Å². The molecule has 115 heavy (non-hydrogen) atoms. The average Bonchev–Trinajstić information content (AvgIpc) is 1.67. The summed E-state index contributed by atoms with van der Waals surface area (Å²) in [6.45, 7) is 21.2. The molecule has 4 nitrogen and oxygen atoms in total. The van der Waals surface area contributed by atoms with E-state index < -0.39 is 0 Å². The zero-order valence-corrected chi connectivity index (χ0v) is 66.4. The van der Waals surface area contributed by atoms with Crippen LogP contribution in [0.2, 0.25) is 0 Å². The summed E-state index contributed by atoms with van der Waals surface area (Å²) in [5.74, 6) is 0. The highest BCUT2D eigenvalue weighted by molar-refractivity contribution is 7.00. The van der Waals surface area contributed by atoms with Crippen molar-refractivity contribution in [1.29, 1.82) is 0 Å². The fourth-order valence-corrected chi connectivity index (χ4v) is 19.6. The van der Waals surface area contributed by atoms with Crippen LogP contribution in [0.5, 0.6) is 0 Å². The van der Waals surface area contributed by atoms with Crippen molar-refractivity contribution < 1.29 is 0 Å². The van der Waals surface area contributed by atoms with E-state index in [0.29, 0.717) is 0 Å². The van der Waals surface area contributed by atoms with Gasteiger partial charge in [0, 0.05) is 77.9 Å². The highest BCUT2D eigenvalue weighted by Crippen LogP contribution is 2.57. The minimum atomic E-state index is -0.375. The Hall–Kier alpha value is -13.5. The molecule has 0 fully saturated rings. The molecule has 0 radical (unpaired) electrons. The van der Waals surface area contributed by atoms with Gasteiger partial charge in [-0.25, -0.2) is 0 Å². The molecule has 18 aromatic carbocycles. The van der Waals surface area contributed by atoms with E-state index in [9.17, 15) is 0 Å². The van der Waals surface area contributed by atoms with Crippen LogP contribution in [0, 0.1) is 0 Å². The van der Waals surface area contributed by atoms with E-state index in [1.807, 2.05) is 0 Å². The van der Waals surface area contributed by atoms with Crippen LogP contribution in [0.3, 0.4) is 0 Å². The maximum absolute atomic E-state index is 2.77. The summed E-state index contributed by atoms with van der Waals surface area (Å²) in [5, 5.41) is 12.8. The van der Waals surface area contributed by atoms with Crippen molar-refractivity contribution >= 4 is 133 Å². The van der Waals surface area contributed by atoms with Crippen molar-refractivity contribution in [3.8, 4) is 78.1 Å². The number of para-hydroxylation sites is 2. The van der Waals surface area contributed by atoms with Gasteiger partial charge in [-0.15, -0.1) is 0 Å². The predicted molar refractivity (Wildman–Crippen MR) is 493 cm³/mol. The Balaban J connectivity index is 0.922.